The van der Waals surface area contributed by atoms with Gasteiger partial charge >= 0.3 is 0 Å². The summed E-state index contributed by atoms with van der Waals surface area (Å²) in [5.74, 6) is 0.298. The Morgan fingerprint density at radius 3 is 2.65 bits per heavy atom. The molecule has 1 rings (SSSR count). The standard InChI is InChI=1S/C14H20FNO/c1-5-16-14(8-10(2)3)12-7-6-11(17-4)9-13(12)15/h6-9,14,16H,5H2,1-4H3. The van der Waals surface area contributed by atoms with Crippen molar-refractivity contribution in [2.75, 3.05) is 13.7 Å². The van der Waals surface area contributed by atoms with Gasteiger partial charge in [0.25, 0.3) is 0 Å². The van der Waals surface area contributed by atoms with Gasteiger partial charge in [-0.3, -0.25) is 0 Å². The van der Waals surface area contributed by atoms with Crippen LogP contribution in [0.1, 0.15) is 32.4 Å². The molecule has 0 amide bonds. The van der Waals surface area contributed by atoms with Gasteiger partial charge in [-0.2, -0.15) is 0 Å². The maximum atomic E-state index is 13.9. The van der Waals surface area contributed by atoms with E-state index >= 15 is 0 Å². The zero-order valence-corrected chi connectivity index (χ0v) is 10.9. The lowest BCUT2D eigenvalue weighted by Crippen LogP contribution is -2.20. The second-order valence-corrected chi connectivity index (χ2v) is 4.17. The van der Waals surface area contributed by atoms with Gasteiger partial charge in [0.2, 0.25) is 0 Å². The Hall–Kier alpha value is -1.35. The number of nitrogens with one attached hydrogen (secondary N) is 1. The first kappa shape index (κ1) is 13.7. The number of benzene rings is 1. The average Bonchev–Trinajstić information content (AvgIpc) is 2.27. The highest BCUT2D eigenvalue weighted by molar-refractivity contribution is 5.33. The molecule has 0 saturated heterocycles. The van der Waals surface area contributed by atoms with Crippen molar-refractivity contribution in [1.29, 1.82) is 0 Å². The third-order valence-corrected chi connectivity index (χ3v) is 2.47. The molecule has 0 saturated carbocycles. The Balaban J connectivity index is 3.05. The molecular formula is C14H20FNO. The fourth-order valence-electron chi connectivity index (χ4n) is 1.70. The van der Waals surface area contributed by atoms with Gasteiger partial charge < -0.3 is 10.1 Å². The quantitative estimate of drug-likeness (QED) is 0.792. The predicted molar refractivity (Wildman–Crippen MR) is 68.8 cm³/mol. The van der Waals surface area contributed by atoms with Crippen LogP contribution in [0.2, 0.25) is 0 Å². The minimum absolute atomic E-state index is 0.0871. The van der Waals surface area contributed by atoms with E-state index in [4.69, 9.17) is 4.74 Å². The van der Waals surface area contributed by atoms with Gasteiger partial charge in [-0.15, -0.1) is 0 Å². The van der Waals surface area contributed by atoms with Crippen molar-refractivity contribution in [3.63, 3.8) is 0 Å². The van der Waals surface area contributed by atoms with Gasteiger partial charge in [-0.25, -0.2) is 4.39 Å². The molecule has 0 fully saturated rings. The highest BCUT2D eigenvalue weighted by Gasteiger charge is 2.12. The molecule has 1 atom stereocenters. The molecule has 3 heteroatoms. The second kappa shape index (κ2) is 6.40. The number of hydrogen-bond donors (Lipinski definition) is 1. The van der Waals surface area contributed by atoms with E-state index in [1.807, 2.05) is 26.8 Å². The average molecular weight is 237 g/mol. The molecule has 0 aliphatic rings. The van der Waals surface area contributed by atoms with E-state index < -0.39 is 0 Å². The zero-order valence-electron chi connectivity index (χ0n) is 10.9. The van der Waals surface area contributed by atoms with Gasteiger partial charge in [-0.05, 0) is 26.5 Å². The molecule has 0 bridgehead atoms. The van der Waals surface area contributed by atoms with E-state index in [-0.39, 0.29) is 11.9 Å². The van der Waals surface area contributed by atoms with E-state index in [2.05, 4.69) is 5.32 Å². The van der Waals surface area contributed by atoms with Gasteiger partial charge in [0.15, 0.2) is 0 Å². The van der Waals surface area contributed by atoms with Crippen LogP contribution >= 0.6 is 0 Å². The Morgan fingerprint density at radius 2 is 2.18 bits per heavy atom. The van der Waals surface area contributed by atoms with Crippen LogP contribution in [-0.2, 0) is 0 Å². The van der Waals surface area contributed by atoms with Crippen LogP contribution in [0.3, 0.4) is 0 Å². The first-order chi connectivity index (χ1) is 8.08. The van der Waals surface area contributed by atoms with Crippen molar-refractivity contribution >= 4 is 0 Å². The summed E-state index contributed by atoms with van der Waals surface area (Å²) in [5.41, 5.74) is 1.81. The number of halogens is 1. The summed E-state index contributed by atoms with van der Waals surface area (Å²) >= 11 is 0. The van der Waals surface area contributed by atoms with Crippen LogP contribution < -0.4 is 10.1 Å². The summed E-state index contributed by atoms with van der Waals surface area (Å²) < 4.78 is 18.9. The van der Waals surface area contributed by atoms with Gasteiger partial charge in [0.05, 0.1) is 13.2 Å². The number of methoxy groups -OCH3 is 1. The molecule has 0 aliphatic heterocycles. The summed E-state index contributed by atoms with van der Waals surface area (Å²) in [6.07, 6.45) is 2.02. The maximum absolute atomic E-state index is 13.9. The normalized spacial score (nSPS) is 12.1. The molecule has 0 aliphatic carbocycles. The minimum atomic E-state index is -0.243. The van der Waals surface area contributed by atoms with Crippen LogP contribution in [0.25, 0.3) is 0 Å². The highest BCUT2D eigenvalue weighted by Crippen LogP contribution is 2.23. The minimum Gasteiger partial charge on any atom is -0.497 e. The molecular weight excluding hydrogens is 217 g/mol. The highest BCUT2D eigenvalue weighted by atomic mass is 19.1. The number of allylic oxidation sites excluding steroid dienone is 1. The Kier molecular flexibility index (Phi) is 5.16. The van der Waals surface area contributed by atoms with Crippen LogP contribution in [0.5, 0.6) is 5.75 Å². The fourth-order valence-corrected chi connectivity index (χ4v) is 1.70. The summed E-state index contributed by atoms with van der Waals surface area (Å²) in [5, 5.41) is 3.25. The van der Waals surface area contributed by atoms with Crippen LogP contribution in [0.4, 0.5) is 4.39 Å². The largest absolute Gasteiger partial charge is 0.497 e. The van der Waals surface area contributed by atoms with E-state index in [9.17, 15) is 4.39 Å². The van der Waals surface area contributed by atoms with Crippen molar-refractivity contribution in [2.45, 2.75) is 26.8 Å². The number of ether oxygens (including phenoxy) is 1. The Labute approximate surface area is 102 Å². The number of hydrogen-bond acceptors (Lipinski definition) is 2. The van der Waals surface area contributed by atoms with Crippen LogP contribution in [0, 0.1) is 5.82 Å². The SMILES string of the molecule is CCNC(C=C(C)C)c1ccc(OC)cc1F. The number of rotatable bonds is 5. The molecule has 0 radical (unpaired) electrons. The topological polar surface area (TPSA) is 21.3 Å². The van der Waals surface area contributed by atoms with Crippen molar-refractivity contribution < 1.29 is 9.13 Å². The molecule has 1 aromatic carbocycles. The van der Waals surface area contributed by atoms with E-state index in [1.54, 1.807) is 12.1 Å². The summed E-state index contributed by atoms with van der Waals surface area (Å²) in [6, 6.07) is 4.87. The van der Waals surface area contributed by atoms with E-state index in [1.165, 1.54) is 13.2 Å². The van der Waals surface area contributed by atoms with E-state index in [0.717, 1.165) is 12.1 Å². The van der Waals surface area contributed by atoms with E-state index in [0.29, 0.717) is 11.3 Å². The third kappa shape index (κ3) is 3.86. The van der Waals surface area contributed by atoms with Gasteiger partial charge in [0, 0.05) is 11.6 Å². The second-order valence-electron chi connectivity index (χ2n) is 4.17. The summed E-state index contributed by atoms with van der Waals surface area (Å²) in [4.78, 5) is 0. The third-order valence-electron chi connectivity index (χ3n) is 2.47. The molecule has 0 aromatic heterocycles. The summed E-state index contributed by atoms with van der Waals surface area (Å²) in [6.45, 7) is 6.81. The molecule has 0 spiro atoms. The van der Waals surface area contributed by atoms with Gasteiger partial charge in [-0.1, -0.05) is 24.6 Å². The lowest BCUT2D eigenvalue weighted by Gasteiger charge is -2.16. The van der Waals surface area contributed by atoms with Crippen LogP contribution in [-0.4, -0.2) is 13.7 Å². The fraction of sp³-hybridized carbons (Fsp3) is 0.429. The Bertz CT molecular complexity index is 397. The predicted octanol–water partition coefficient (Wildman–Crippen LogP) is 3.45. The lowest BCUT2D eigenvalue weighted by molar-refractivity contribution is 0.410. The first-order valence-electron chi connectivity index (χ1n) is 5.80. The lowest BCUT2D eigenvalue weighted by atomic mass is 10.0. The zero-order chi connectivity index (χ0) is 12.8. The molecule has 1 N–H and O–H groups in total. The molecule has 1 unspecified atom stereocenters. The molecule has 17 heavy (non-hydrogen) atoms. The number of likely N-dealkylation sites (N-methyl/N-ethyl adjacent to an activating group) is 1. The monoisotopic (exact) mass is 237 g/mol. The van der Waals surface area contributed by atoms with Crippen LogP contribution in [0.15, 0.2) is 29.8 Å². The van der Waals surface area contributed by atoms with Gasteiger partial charge in [0.1, 0.15) is 11.6 Å². The Morgan fingerprint density at radius 1 is 1.47 bits per heavy atom. The van der Waals surface area contributed by atoms with Crippen molar-refractivity contribution in [3.8, 4) is 5.75 Å². The molecule has 1 aromatic rings. The van der Waals surface area contributed by atoms with Crippen molar-refractivity contribution in [3.05, 3.63) is 41.2 Å². The maximum Gasteiger partial charge on any atom is 0.131 e. The first-order valence-corrected chi connectivity index (χ1v) is 5.80. The summed E-state index contributed by atoms with van der Waals surface area (Å²) in [7, 11) is 1.53. The van der Waals surface area contributed by atoms with Crippen molar-refractivity contribution in [2.24, 2.45) is 0 Å². The molecule has 2 nitrogen and oxygen atoms in total. The molecule has 0 heterocycles. The smallest absolute Gasteiger partial charge is 0.131 e. The van der Waals surface area contributed by atoms with Crippen molar-refractivity contribution in [1.82, 2.24) is 5.32 Å². The molecule has 94 valence electrons.